The van der Waals surface area contributed by atoms with Crippen LogP contribution in [-0.2, 0) is 4.79 Å². The van der Waals surface area contributed by atoms with Crippen LogP contribution in [0, 0.1) is 0 Å². The Hall–Kier alpha value is -2.37. The molecule has 6 heteroatoms. The molecule has 0 aliphatic rings. The third-order valence-corrected chi connectivity index (χ3v) is 2.04. The van der Waals surface area contributed by atoms with E-state index in [0.717, 1.165) is 0 Å². The lowest BCUT2D eigenvalue weighted by molar-refractivity contribution is -0.114. The van der Waals surface area contributed by atoms with E-state index in [4.69, 9.17) is 5.11 Å². The minimum absolute atomic E-state index is 0.0793. The van der Waals surface area contributed by atoms with Gasteiger partial charge >= 0.3 is 5.97 Å². The summed E-state index contributed by atoms with van der Waals surface area (Å²) in [5.74, 6) is -1.21. The molecule has 16 heavy (non-hydrogen) atoms. The molecule has 0 bridgehead atoms. The number of carbonyl (C=O) groups is 2. The van der Waals surface area contributed by atoms with Crippen molar-refractivity contribution in [3.63, 3.8) is 0 Å². The second kappa shape index (κ2) is 3.65. The third kappa shape index (κ3) is 1.60. The molecule has 2 rings (SSSR count). The molecule has 0 radical (unpaired) electrons. The number of nitrogens with zero attached hydrogens (tertiary/aromatic N) is 2. The van der Waals surface area contributed by atoms with E-state index in [9.17, 15) is 9.59 Å². The van der Waals surface area contributed by atoms with Crippen LogP contribution in [0.25, 0.3) is 5.52 Å². The van der Waals surface area contributed by atoms with E-state index >= 15 is 0 Å². The molecule has 0 unspecified atom stereocenters. The van der Waals surface area contributed by atoms with Crippen LogP contribution in [0.5, 0.6) is 0 Å². The first-order valence-corrected chi connectivity index (χ1v) is 4.57. The van der Waals surface area contributed by atoms with Gasteiger partial charge in [0.25, 0.3) is 0 Å². The fourth-order valence-corrected chi connectivity index (χ4v) is 1.44. The maximum absolute atomic E-state index is 10.9. The highest BCUT2D eigenvalue weighted by molar-refractivity contribution is 5.96. The van der Waals surface area contributed by atoms with Gasteiger partial charge in [-0.2, -0.15) is 0 Å². The second-order valence-electron chi connectivity index (χ2n) is 3.23. The van der Waals surface area contributed by atoms with Crippen LogP contribution in [0.1, 0.15) is 17.4 Å². The summed E-state index contributed by atoms with van der Waals surface area (Å²) in [6, 6.07) is 5.06. The summed E-state index contributed by atoms with van der Waals surface area (Å²) in [6.45, 7) is 1.34. The first-order chi connectivity index (χ1) is 7.59. The number of fused-ring (bicyclic) bond motifs is 1. The number of aromatic carboxylic acids is 1. The molecule has 0 spiro atoms. The Labute approximate surface area is 90.5 Å². The van der Waals surface area contributed by atoms with Crippen LogP contribution in [-0.4, -0.2) is 26.4 Å². The predicted octanol–water partition coefficient (Wildman–Crippen LogP) is 0.991. The van der Waals surface area contributed by atoms with Gasteiger partial charge in [-0.25, -0.2) is 9.78 Å². The van der Waals surface area contributed by atoms with Crippen molar-refractivity contribution in [3.8, 4) is 0 Å². The van der Waals surface area contributed by atoms with Crippen molar-refractivity contribution < 1.29 is 14.7 Å². The van der Waals surface area contributed by atoms with E-state index < -0.39 is 5.97 Å². The summed E-state index contributed by atoms with van der Waals surface area (Å²) in [7, 11) is 0. The summed E-state index contributed by atoms with van der Waals surface area (Å²) in [4.78, 5) is 25.7. The van der Waals surface area contributed by atoms with Crippen molar-refractivity contribution in [1.82, 2.24) is 9.38 Å². The molecule has 2 aromatic heterocycles. The molecule has 0 atom stereocenters. The van der Waals surface area contributed by atoms with Crippen molar-refractivity contribution in [2.45, 2.75) is 6.92 Å². The number of nitrogens with one attached hydrogen (secondary N) is 1. The molecule has 82 valence electrons. The monoisotopic (exact) mass is 219 g/mol. The van der Waals surface area contributed by atoms with Gasteiger partial charge in [-0.1, -0.05) is 6.07 Å². The Morgan fingerprint density at radius 2 is 2.19 bits per heavy atom. The molecule has 2 heterocycles. The number of amides is 1. The second-order valence-corrected chi connectivity index (χ2v) is 3.23. The molecule has 2 N–H and O–H groups in total. The fraction of sp³-hybridized carbons (Fsp3) is 0.100. The van der Waals surface area contributed by atoms with E-state index in [1.165, 1.54) is 11.3 Å². The first-order valence-electron chi connectivity index (χ1n) is 4.57. The summed E-state index contributed by atoms with van der Waals surface area (Å²) >= 11 is 0. The number of rotatable bonds is 2. The maximum Gasteiger partial charge on any atom is 0.356 e. The molecular weight excluding hydrogens is 210 g/mol. The number of aromatic nitrogens is 2. The Kier molecular flexibility index (Phi) is 2.32. The minimum Gasteiger partial charge on any atom is -0.476 e. The number of imidazole rings is 1. The lowest BCUT2D eigenvalue weighted by Crippen LogP contribution is -2.09. The lowest BCUT2D eigenvalue weighted by Gasteiger charge is -1.99. The quantitative estimate of drug-likeness (QED) is 0.788. The summed E-state index contributed by atoms with van der Waals surface area (Å²) in [6.07, 6.45) is 1.64. The van der Waals surface area contributed by atoms with Crippen molar-refractivity contribution in [3.05, 3.63) is 30.1 Å². The standard InChI is InChI=1S/C10H9N3O3/c1-6(14)11-10-12-8(9(15)16)7-4-2-3-5-13(7)10/h2-5H,1H3,(H,15,16)(H,11,12,14). The van der Waals surface area contributed by atoms with Crippen LogP contribution in [0.15, 0.2) is 24.4 Å². The zero-order chi connectivity index (χ0) is 11.7. The maximum atomic E-state index is 10.9. The predicted molar refractivity (Wildman–Crippen MR) is 56.5 cm³/mol. The molecular formula is C10H9N3O3. The molecule has 0 aromatic carbocycles. The van der Waals surface area contributed by atoms with Gasteiger partial charge in [-0.05, 0) is 12.1 Å². The zero-order valence-corrected chi connectivity index (χ0v) is 8.47. The molecule has 0 aliphatic heterocycles. The Morgan fingerprint density at radius 3 is 2.81 bits per heavy atom. The highest BCUT2D eigenvalue weighted by atomic mass is 16.4. The van der Waals surface area contributed by atoms with Gasteiger partial charge in [-0.15, -0.1) is 0 Å². The van der Waals surface area contributed by atoms with Crippen LogP contribution < -0.4 is 5.32 Å². The Balaban J connectivity index is 2.66. The Morgan fingerprint density at radius 1 is 1.44 bits per heavy atom. The molecule has 2 aromatic rings. The number of hydrogen-bond donors (Lipinski definition) is 2. The van der Waals surface area contributed by atoms with Gasteiger partial charge in [0.2, 0.25) is 11.9 Å². The van der Waals surface area contributed by atoms with E-state index in [1.807, 2.05) is 0 Å². The summed E-state index contributed by atoms with van der Waals surface area (Å²) in [5.41, 5.74) is 0.364. The first kappa shape index (κ1) is 10.2. The van der Waals surface area contributed by atoms with Gasteiger partial charge in [0.1, 0.15) is 0 Å². The smallest absolute Gasteiger partial charge is 0.356 e. The van der Waals surface area contributed by atoms with Gasteiger partial charge in [0.15, 0.2) is 5.69 Å². The summed E-state index contributed by atoms with van der Waals surface area (Å²) < 4.78 is 1.52. The van der Waals surface area contributed by atoms with Crippen molar-refractivity contribution in [1.29, 1.82) is 0 Å². The Bertz CT molecular complexity index is 574. The van der Waals surface area contributed by atoms with Crippen LogP contribution in [0.4, 0.5) is 5.95 Å². The van der Waals surface area contributed by atoms with Crippen molar-refractivity contribution in [2.75, 3.05) is 5.32 Å². The number of carboxylic acid groups (broad SMARTS) is 1. The fourth-order valence-electron chi connectivity index (χ4n) is 1.44. The number of carboxylic acids is 1. The van der Waals surface area contributed by atoms with Crippen LogP contribution in [0.3, 0.4) is 0 Å². The molecule has 1 amide bonds. The van der Waals surface area contributed by atoms with E-state index in [-0.39, 0.29) is 17.5 Å². The summed E-state index contributed by atoms with van der Waals surface area (Å²) in [5, 5.41) is 11.4. The van der Waals surface area contributed by atoms with E-state index in [1.54, 1.807) is 24.4 Å². The van der Waals surface area contributed by atoms with Crippen molar-refractivity contribution in [2.24, 2.45) is 0 Å². The average molecular weight is 219 g/mol. The van der Waals surface area contributed by atoms with Crippen LogP contribution >= 0.6 is 0 Å². The topological polar surface area (TPSA) is 83.7 Å². The average Bonchev–Trinajstić information content (AvgIpc) is 2.57. The minimum atomic E-state index is -1.12. The molecule has 0 fully saturated rings. The van der Waals surface area contributed by atoms with Gasteiger partial charge in [-0.3, -0.25) is 14.5 Å². The highest BCUT2D eigenvalue weighted by Crippen LogP contribution is 2.16. The lowest BCUT2D eigenvalue weighted by atomic mass is 10.3. The normalized spacial score (nSPS) is 10.3. The van der Waals surface area contributed by atoms with E-state index in [0.29, 0.717) is 5.52 Å². The number of anilines is 1. The SMILES string of the molecule is CC(=O)Nc1nc(C(=O)O)c2ccccn12. The van der Waals surface area contributed by atoms with Gasteiger partial charge < -0.3 is 5.11 Å². The third-order valence-electron chi connectivity index (χ3n) is 2.04. The molecule has 6 nitrogen and oxygen atoms in total. The van der Waals surface area contributed by atoms with Crippen LogP contribution in [0.2, 0.25) is 0 Å². The number of carbonyl (C=O) groups excluding carboxylic acids is 1. The van der Waals surface area contributed by atoms with E-state index in [2.05, 4.69) is 10.3 Å². The zero-order valence-electron chi connectivity index (χ0n) is 8.47. The number of hydrogen-bond acceptors (Lipinski definition) is 3. The number of pyridine rings is 1. The largest absolute Gasteiger partial charge is 0.476 e. The highest BCUT2D eigenvalue weighted by Gasteiger charge is 2.16. The molecule has 0 aliphatic carbocycles. The van der Waals surface area contributed by atoms with Crippen molar-refractivity contribution >= 4 is 23.3 Å². The molecule has 0 saturated heterocycles. The van der Waals surface area contributed by atoms with Gasteiger partial charge in [0.05, 0.1) is 5.52 Å². The van der Waals surface area contributed by atoms with Gasteiger partial charge in [0, 0.05) is 13.1 Å². The molecule has 0 saturated carbocycles.